The number of alkyl halides is 3. The molecule has 0 bridgehead atoms. The Morgan fingerprint density at radius 3 is 2.24 bits per heavy atom. The van der Waals surface area contributed by atoms with Crippen LogP contribution in [0.3, 0.4) is 0 Å². The highest BCUT2D eigenvalue weighted by molar-refractivity contribution is 6.39. The summed E-state index contributed by atoms with van der Waals surface area (Å²) in [4.78, 5) is 44.5. The number of hydrogen-bond acceptors (Lipinski definition) is 5. The van der Waals surface area contributed by atoms with Crippen molar-refractivity contribution in [2.24, 2.45) is 22.7 Å². The van der Waals surface area contributed by atoms with Crippen LogP contribution in [0, 0.1) is 29.6 Å². The Balaban J connectivity index is 1.48. The number of fused-ring (bicyclic) bond motifs is 1. The summed E-state index contributed by atoms with van der Waals surface area (Å²) in [6, 6.07) is 0.295. The third kappa shape index (κ3) is 5.31. The third-order valence-electron chi connectivity index (χ3n) is 9.90. The molecule has 0 radical (unpaired) electrons. The van der Waals surface area contributed by atoms with E-state index in [9.17, 15) is 32.7 Å². The van der Waals surface area contributed by atoms with Crippen LogP contribution in [0.25, 0.3) is 0 Å². The number of nitrogens with zero attached hydrogens (tertiary/aromatic N) is 4. The maximum absolute atomic E-state index is 14.6. The SMILES string of the molecule is Cc1cc(Cl)c(C(=O)CN(C(=O)c2cnn(C3CCC(C)(C(=O)O)CC3)c2C(F)(F)F)[C@H]2C[C@@H]3[C@H](C2)C3(C)C)c(Cl)n1. The zero-order chi connectivity index (χ0) is 30.9. The smallest absolute Gasteiger partial charge is 0.433 e. The number of ketones is 1. The van der Waals surface area contributed by atoms with Crippen molar-refractivity contribution in [3.63, 3.8) is 0 Å². The molecule has 2 aromatic heterocycles. The van der Waals surface area contributed by atoms with E-state index in [0.29, 0.717) is 30.4 Å². The van der Waals surface area contributed by atoms with E-state index in [1.807, 2.05) is 0 Å². The summed E-state index contributed by atoms with van der Waals surface area (Å²) in [5.41, 5.74) is -2.37. The molecule has 2 heterocycles. The Labute approximate surface area is 251 Å². The number of aliphatic carboxylic acids is 1. The van der Waals surface area contributed by atoms with Crippen LogP contribution in [0.5, 0.6) is 0 Å². The zero-order valence-electron chi connectivity index (χ0n) is 23.8. The normalized spacial score (nSPS) is 28.3. The minimum atomic E-state index is -4.92. The minimum absolute atomic E-state index is 0.0507. The standard InChI is InChI=1S/C29H33Cl2F3N4O4/c1-14-9-20(30)22(24(31)36-14)21(39)13-37(16-10-18-19(11-16)27(18,2)3)25(40)17-12-35-38(23(17)29(32,33)34)15-5-7-28(4,8-6-15)26(41)42/h9,12,15-16,18-19H,5-8,10-11,13H2,1-4H3,(H,41,42)/t15?,16-,18+,19-,28?. The fourth-order valence-corrected chi connectivity index (χ4v) is 7.85. The summed E-state index contributed by atoms with van der Waals surface area (Å²) < 4.78 is 44.6. The number of Topliss-reactive ketones (excluding diaryl/α,β-unsaturated/α-hetero) is 1. The first kappa shape index (κ1) is 30.8. The number of aromatic nitrogens is 3. The lowest BCUT2D eigenvalue weighted by Gasteiger charge is -2.35. The van der Waals surface area contributed by atoms with Crippen LogP contribution >= 0.6 is 23.2 Å². The number of hydrogen-bond donors (Lipinski definition) is 1. The molecule has 3 atom stereocenters. The molecule has 42 heavy (non-hydrogen) atoms. The average molecular weight is 630 g/mol. The number of rotatable bonds is 7. The van der Waals surface area contributed by atoms with Crippen LogP contribution in [0.2, 0.25) is 10.2 Å². The fraction of sp³-hybridized carbons (Fsp3) is 0.621. The molecule has 0 unspecified atom stereocenters. The van der Waals surface area contributed by atoms with Gasteiger partial charge in [0.05, 0.1) is 40.3 Å². The third-order valence-corrected chi connectivity index (χ3v) is 10.5. The lowest BCUT2D eigenvalue weighted by Crippen LogP contribution is -2.44. The second-order valence-corrected chi connectivity index (χ2v) is 13.6. The van der Waals surface area contributed by atoms with Crippen molar-refractivity contribution in [1.29, 1.82) is 0 Å². The Bertz CT molecular complexity index is 1410. The summed E-state index contributed by atoms with van der Waals surface area (Å²) in [7, 11) is 0. The topological polar surface area (TPSA) is 105 Å². The number of carbonyl (C=O) groups excluding carboxylic acids is 2. The molecule has 2 aromatic rings. The summed E-state index contributed by atoms with van der Waals surface area (Å²) in [5.74, 6) is -1.94. The van der Waals surface area contributed by atoms with Crippen LogP contribution < -0.4 is 0 Å². The first-order chi connectivity index (χ1) is 19.5. The van der Waals surface area contributed by atoms with Gasteiger partial charge in [0.1, 0.15) is 5.15 Å². The zero-order valence-corrected chi connectivity index (χ0v) is 25.3. The van der Waals surface area contributed by atoms with Crippen LogP contribution in [0.1, 0.15) is 97.4 Å². The maximum atomic E-state index is 14.6. The fourth-order valence-electron chi connectivity index (χ4n) is 7.11. The summed E-state index contributed by atoms with van der Waals surface area (Å²) in [6.07, 6.45) is -2.17. The highest BCUT2D eigenvalue weighted by Gasteiger charge is 2.63. The monoisotopic (exact) mass is 628 g/mol. The Kier molecular flexibility index (Phi) is 7.70. The molecule has 3 saturated carbocycles. The Hall–Kier alpha value is -2.66. The maximum Gasteiger partial charge on any atom is 0.433 e. The van der Waals surface area contributed by atoms with Crippen molar-refractivity contribution in [3.05, 3.63) is 45.0 Å². The molecule has 5 rings (SSSR count). The average Bonchev–Trinajstić information content (AvgIpc) is 3.30. The molecule has 1 amide bonds. The second-order valence-electron chi connectivity index (χ2n) is 12.9. The van der Waals surface area contributed by atoms with E-state index in [1.54, 1.807) is 13.8 Å². The molecular weight excluding hydrogens is 596 g/mol. The molecule has 1 N–H and O–H groups in total. The molecule has 0 aliphatic heterocycles. The molecule has 0 saturated heterocycles. The van der Waals surface area contributed by atoms with Gasteiger partial charge in [0, 0.05) is 11.7 Å². The van der Waals surface area contributed by atoms with Gasteiger partial charge >= 0.3 is 12.1 Å². The number of amides is 1. The molecular formula is C29H33Cl2F3N4O4. The molecule has 8 nitrogen and oxygen atoms in total. The van der Waals surface area contributed by atoms with E-state index in [0.717, 1.165) is 10.9 Å². The molecule has 3 aliphatic rings. The van der Waals surface area contributed by atoms with Gasteiger partial charge in [-0.2, -0.15) is 18.3 Å². The van der Waals surface area contributed by atoms with Gasteiger partial charge < -0.3 is 10.0 Å². The van der Waals surface area contributed by atoms with Gasteiger partial charge in [-0.15, -0.1) is 0 Å². The van der Waals surface area contributed by atoms with Gasteiger partial charge in [-0.3, -0.25) is 19.1 Å². The Morgan fingerprint density at radius 1 is 1.12 bits per heavy atom. The molecule has 0 spiro atoms. The molecule has 3 aliphatic carbocycles. The van der Waals surface area contributed by atoms with E-state index >= 15 is 0 Å². The van der Waals surface area contributed by atoms with Crippen LogP contribution in [-0.4, -0.2) is 55.0 Å². The van der Waals surface area contributed by atoms with E-state index < -0.39 is 59.1 Å². The largest absolute Gasteiger partial charge is 0.481 e. The van der Waals surface area contributed by atoms with Gasteiger partial charge in [-0.1, -0.05) is 37.0 Å². The van der Waals surface area contributed by atoms with E-state index in [2.05, 4.69) is 23.9 Å². The predicted molar refractivity (Wildman–Crippen MR) is 149 cm³/mol. The number of halogens is 5. The summed E-state index contributed by atoms with van der Waals surface area (Å²) in [5, 5.41) is 13.5. The highest BCUT2D eigenvalue weighted by Crippen LogP contribution is 2.67. The van der Waals surface area contributed by atoms with Crippen LogP contribution in [-0.2, 0) is 11.0 Å². The van der Waals surface area contributed by atoms with E-state index in [-0.39, 0.29) is 46.8 Å². The first-order valence-corrected chi connectivity index (χ1v) is 14.8. The van der Waals surface area contributed by atoms with Gasteiger partial charge in [0.2, 0.25) is 0 Å². The van der Waals surface area contributed by atoms with Crippen molar-refractivity contribution < 1.29 is 32.7 Å². The lowest BCUT2D eigenvalue weighted by molar-refractivity contribution is -0.152. The molecule has 0 aromatic carbocycles. The van der Waals surface area contributed by atoms with E-state index in [4.69, 9.17) is 23.2 Å². The number of carboxylic acid groups (broad SMARTS) is 1. The van der Waals surface area contributed by atoms with Crippen LogP contribution in [0.15, 0.2) is 12.3 Å². The number of carbonyl (C=O) groups is 3. The predicted octanol–water partition coefficient (Wildman–Crippen LogP) is 6.88. The highest BCUT2D eigenvalue weighted by atomic mass is 35.5. The molecule has 3 fully saturated rings. The van der Waals surface area contributed by atoms with Crippen molar-refractivity contribution >= 4 is 40.9 Å². The van der Waals surface area contributed by atoms with Gasteiger partial charge in [0.15, 0.2) is 11.5 Å². The van der Waals surface area contributed by atoms with Crippen molar-refractivity contribution in [2.75, 3.05) is 6.54 Å². The van der Waals surface area contributed by atoms with Crippen molar-refractivity contribution in [2.45, 2.75) is 84.5 Å². The van der Waals surface area contributed by atoms with Crippen molar-refractivity contribution in [1.82, 2.24) is 19.7 Å². The molecule has 13 heteroatoms. The van der Waals surface area contributed by atoms with E-state index in [1.165, 1.54) is 11.0 Å². The summed E-state index contributed by atoms with van der Waals surface area (Å²) >= 11 is 12.5. The van der Waals surface area contributed by atoms with Gasteiger partial charge in [-0.05, 0) is 75.7 Å². The summed E-state index contributed by atoms with van der Waals surface area (Å²) in [6.45, 7) is 6.96. The number of pyridine rings is 1. The van der Waals surface area contributed by atoms with Crippen molar-refractivity contribution in [3.8, 4) is 0 Å². The van der Waals surface area contributed by atoms with Crippen LogP contribution in [0.4, 0.5) is 13.2 Å². The number of carboxylic acids is 1. The van der Waals surface area contributed by atoms with Gasteiger partial charge in [0.25, 0.3) is 5.91 Å². The first-order valence-electron chi connectivity index (χ1n) is 14.0. The second kappa shape index (κ2) is 10.5. The lowest BCUT2D eigenvalue weighted by atomic mass is 9.74. The quantitative estimate of drug-likeness (QED) is 0.265. The van der Waals surface area contributed by atoms with Gasteiger partial charge in [-0.25, -0.2) is 4.98 Å². The Morgan fingerprint density at radius 2 is 1.71 bits per heavy atom. The number of aryl methyl sites for hydroxylation is 1. The minimum Gasteiger partial charge on any atom is -0.481 e. The molecule has 228 valence electrons.